The molecule has 20 heavy (non-hydrogen) atoms. The van der Waals surface area contributed by atoms with Crippen molar-refractivity contribution >= 4 is 11.9 Å². The second-order valence-electron chi connectivity index (χ2n) is 6.06. The van der Waals surface area contributed by atoms with Gasteiger partial charge in [-0.15, -0.1) is 0 Å². The summed E-state index contributed by atoms with van der Waals surface area (Å²) in [7, 11) is 0. The predicted octanol–water partition coefficient (Wildman–Crippen LogP) is 2.05. The summed E-state index contributed by atoms with van der Waals surface area (Å²) in [5.74, 6) is -0.768. The summed E-state index contributed by atoms with van der Waals surface area (Å²) in [6.45, 7) is 2.53. The fourth-order valence-electron chi connectivity index (χ4n) is 3.23. The fraction of sp³-hybridized carbons (Fsp3) is 0.867. The molecular formula is C15H25NO4. The second-order valence-corrected chi connectivity index (χ2v) is 6.06. The molecule has 0 aromatic heterocycles. The van der Waals surface area contributed by atoms with Gasteiger partial charge in [-0.05, 0) is 19.8 Å². The molecule has 0 spiro atoms. The third-order valence-electron chi connectivity index (χ3n) is 4.30. The van der Waals surface area contributed by atoms with Gasteiger partial charge in [-0.2, -0.15) is 0 Å². The summed E-state index contributed by atoms with van der Waals surface area (Å²) in [4.78, 5) is 25.4. The molecule has 1 saturated heterocycles. The van der Waals surface area contributed by atoms with E-state index in [9.17, 15) is 9.59 Å². The monoisotopic (exact) mass is 283 g/mol. The van der Waals surface area contributed by atoms with Crippen molar-refractivity contribution < 1.29 is 19.4 Å². The molecule has 1 unspecified atom stereocenters. The van der Waals surface area contributed by atoms with E-state index in [1.807, 2.05) is 6.92 Å². The third kappa shape index (κ3) is 3.95. The number of carboxylic acid groups (broad SMARTS) is 1. The first-order valence-electron chi connectivity index (χ1n) is 7.75. The molecule has 114 valence electrons. The highest BCUT2D eigenvalue weighted by Crippen LogP contribution is 2.25. The minimum absolute atomic E-state index is 0.0787. The first-order valence-corrected chi connectivity index (χ1v) is 7.75. The van der Waals surface area contributed by atoms with Gasteiger partial charge in [-0.3, -0.25) is 4.79 Å². The number of aliphatic carboxylic acids is 1. The van der Waals surface area contributed by atoms with Crippen LogP contribution in [-0.4, -0.2) is 47.2 Å². The highest BCUT2D eigenvalue weighted by atomic mass is 16.5. The summed E-state index contributed by atoms with van der Waals surface area (Å²) in [6.07, 6.45) is 6.72. The number of carboxylic acids is 1. The number of rotatable bonds is 2. The average molecular weight is 283 g/mol. The Labute approximate surface area is 120 Å². The molecule has 0 aromatic carbocycles. The van der Waals surface area contributed by atoms with Gasteiger partial charge < -0.3 is 14.7 Å². The summed E-state index contributed by atoms with van der Waals surface area (Å²) < 4.78 is 5.37. The average Bonchev–Trinajstić information content (AvgIpc) is 2.37. The van der Waals surface area contributed by atoms with Crippen LogP contribution < -0.4 is 0 Å². The number of ether oxygens (including phenoxy) is 1. The van der Waals surface area contributed by atoms with Gasteiger partial charge in [0.1, 0.15) is 0 Å². The van der Waals surface area contributed by atoms with Gasteiger partial charge in [0.25, 0.3) is 0 Å². The topological polar surface area (TPSA) is 66.8 Å². The zero-order chi connectivity index (χ0) is 14.5. The Morgan fingerprint density at radius 2 is 1.65 bits per heavy atom. The van der Waals surface area contributed by atoms with Crippen LogP contribution in [0.4, 0.5) is 0 Å². The van der Waals surface area contributed by atoms with E-state index in [2.05, 4.69) is 0 Å². The molecule has 2 fully saturated rings. The number of carbonyl (C=O) groups is 2. The molecule has 1 aliphatic carbocycles. The summed E-state index contributed by atoms with van der Waals surface area (Å²) in [5.41, 5.74) is 0. The SMILES string of the molecule is C[C@@H]1CN(C(=O)C2CCCCCCC2)CC(C(=O)O)O1. The smallest absolute Gasteiger partial charge is 0.334 e. The fourth-order valence-corrected chi connectivity index (χ4v) is 3.23. The van der Waals surface area contributed by atoms with E-state index in [1.165, 1.54) is 19.3 Å². The minimum atomic E-state index is -0.980. The largest absolute Gasteiger partial charge is 0.479 e. The number of nitrogens with zero attached hydrogens (tertiary/aromatic N) is 1. The molecule has 0 aromatic rings. The van der Waals surface area contributed by atoms with Crippen LogP contribution in [0.15, 0.2) is 0 Å². The van der Waals surface area contributed by atoms with Crippen LogP contribution in [0.3, 0.4) is 0 Å². The molecule has 1 amide bonds. The van der Waals surface area contributed by atoms with E-state index in [4.69, 9.17) is 9.84 Å². The number of hydrogen-bond donors (Lipinski definition) is 1. The number of hydrogen-bond acceptors (Lipinski definition) is 3. The van der Waals surface area contributed by atoms with Gasteiger partial charge in [0.15, 0.2) is 6.10 Å². The van der Waals surface area contributed by atoms with E-state index in [-0.39, 0.29) is 24.5 Å². The van der Waals surface area contributed by atoms with Crippen molar-refractivity contribution in [2.75, 3.05) is 13.1 Å². The van der Waals surface area contributed by atoms with Crippen LogP contribution in [0, 0.1) is 5.92 Å². The highest BCUT2D eigenvalue weighted by molar-refractivity contribution is 5.80. The lowest BCUT2D eigenvalue weighted by molar-refractivity contribution is -0.168. The zero-order valence-electron chi connectivity index (χ0n) is 12.2. The molecule has 2 atom stereocenters. The van der Waals surface area contributed by atoms with E-state index >= 15 is 0 Å². The second kappa shape index (κ2) is 7.07. The summed E-state index contributed by atoms with van der Waals surface area (Å²) >= 11 is 0. The Hall–Kier alpha value is -1.10. The molecule has 2 rings (SSSR count). The van der Waals surface area contributed by atoms with E-state index < -0.39 is 12.1 Å². The van der Waals surface area contributed by atoms with Crippen LogP contribution in [-0.2, 0) is 14.3 Å². The Bertz CT molecular complexity index is 350. The lowest BCUT2D eigenvalue weighted by atomic mass is 9.90. The van der Waals surface area contributed by atoms with Gasteiger partial charge in [0.05, 0.1) is 12.6 Å². The maximum absolute atomic E-state index is 12.6. The number of amides is 1. The van der Waals surface area contributed by atoms with Crippen molar-refractivity contribution in [2.24, 2.45) is 5.92 Å². The molecule has 1 heterocycles. The van der Waals surface area contributed by atoms with Gasteiger partial charge in [0, 0.05) is 12.5 Å². The first kappa shape index (κ1) is 15.3. The van der Waals surface area contributed by atoms with Crippen molar-refractivity contribution in [3.05, 3.63) is 0 Å². The molecule has 1 aliphatic heterocycles. The standard InChI is InChI=1S/C15H25NO4/c1-11-9-16(10-13(20-11)15(18)19)14(17)12-7-5-3-2-4-6-8-12/h11-13H,2-10H2,1H3,(H,18,19)/t11-,13?/m1/s1. The zero-order valence-corrected chi connectivity index (χ0v) is 12.2. The van der Waals surface area contributed by atoms with Crippen molar-refractivity contribution in [2.45, 2.75) is 64.1 Å². The van der Waals surface area contributed by atoms with Gasteiger partial charge in [0.2, 0.25) is 5.91 Å². The molecule has 1 saturated carbocycles. The van der Waals surface area contributed by atoms with Crippen molar-refractivity contribution in [3.63, 3.8) is 0 Å². The normalized spacial score (nSPS) is 29.6. The molecular weight excluding hydrogens is 258 g/mol. The predicted molar refractivity (Wildman–Crippen MR) is 74.4 cm³/mol. The Morgan fingerprint density at radius 1 is 1.05 bits per heavy atom. The van der Waals surface area contributed by atoms with Gasteiger partial charge >= 0.3 is 5.97 Å². The quantitative estimate of drug-likeness (QED) is 0.842. The van der Waals surface area contributed by atoms with Crippen LogP contribution >= 0.6 is 0 Å². The summed E-state index contributed by atoms with van der Waals surface area (Å²) in [5, 5.41) is 9.09. The Balaban J connectivity index is 1.97. The van der Waals surface area contributed by atoms with Gasteiger partial charge in [-0.1, -0.05) is 32.1 Å². The highest BCUT2D eigenvalue weighted by Gasteiger charge is 2.35. The van der Waals surface area contributed by atoms with Crippen molar-refractivity contribution in [3.8, 4) is 0 Å². The number of carbonyl (C=O) groups excluding carboxylic acids is 1. The van der Waals surface area contributed by atoms with Crippen LogP contribution in [0.2, 0.25) is 0 Å². The Kier molecular flexibility index (Phi) is 5.40. The minimum Gasteiger partial charge on any atom is -0.479 e. The van der Waals surface area contributed by atoms with Crippen molar-refractivity contribution in [1.82, 2.24) is 4.90 Å². The van der Waals surface area contributed by atoms with Crippen LogP contribution in [0.25, 0.3) is 0 Å². The molecule has 5 heteroatoms. The van der Waals surface area contributed by atoms with E-state index in [1.54, 1.807) is 4.90 Å². The third-order valence-corrected chi connectivity index (χ3v) is 4.30. The number of morpholine rings is 1. The van der Waals surface area contributed by atoms with Crippen molar-refractivity contribution in [1.29, 1.82) is 0 Å². The van der Waals surface area contributed by atoms with E-state index in [0.29, 0.717) is 6.54 Å². The molecule has 5 nitrogen and oxygen atoms in total. The summed E-state index contributed by atoms with van der Waals surface area (Å²) in [6, 6.07) is 0. The maximum Gasteiger partial charge on any atom is 0.334 e. The maximum atomic E-state index is 12.6. The van der Waals surface area contributed by atoms with Crippen LogP contribution in [0.5, 0.6) is 0 Å². The van der Waals surface area contributed by atoms with Gasteiger partial charge in [-0.25, -0.2) is 4.79 Å². The first-order chi connectivity index (χ1) is 9.58. The van der Waals surface area contributed by atoms with E-state index in [0.717, 1.165) is 25.7 Å². The molecule has 0 bridgehead atoms. The lowest BCUT2D eigenvalue weighted by Crippen LogP contribution is -2.53. The van der Waals surface area contributed by atoms with Crippen LogP contribution in [0.1, 0.15) is 51.9 Å². The lowest BCUT2D eigenvalue weighted by Gasteiger charge is -2.37. The Morgan fingerprint density at radius 3 is 2.25 bits per heavy atom. The molecule has 2 aliphatic rings. The molecule has 0 radical (unpaired) electrons. The molecule has 1 N–H and O–H groups in total.